The van der Waals surface area contributed by atoms with Crippen molar-refractivity contribution in [3.63, 3.8) is 0 Å². The van der Waals surface area contributed by atoms with Crippen LogP contribution in [0.4, 0.5) is 0 Å². The Balaban J connectivity index is 2.36. The summed E-state index contributed by atoms with van der Waals surface area (Å²) in [4.78, 5) is 37.3. The second kappa shape index (κ2) is 7.89. The van der Waals surface area contributed by atoms with Crippen LogP contribution in [0.15, 0.2) is 14.4 Å². The maximum Gasteiger partial charge on any atom is 0.333 e. The first kappa shape index (κ1) is 16.5. The van der Waals surface area contributed by atoms with E-state index in [0.717, 1.165) is 4.57 Å². The molecule has 0 aliphatic carbocycles. The smallest absolute Gasteiger partial charge is 0.333 e. The lowest BCUT2D eigenvalue weighted by molar-refractivity contribution is 0.117. The molecule has 11 heteroatoms. The number of rotatable bonds is 8. The molecule has 0 fully saturated rings. The Morgan fingerprint density at radius 3 is 2.45 bits per heavy atom. The van der Waals surface area contributed by atoms with Crippen molar-refractivity contribution in [2.75, 3.05) is 13.2 Å². The lowest BCUT2D eigenvalue weighted by Crippen LogP contribution is -2.43. The molecular weight excluding hydrogens is 292 g/mol. The van der Waals surface area contributed by atoms with E-state index in [1.807, 2.05) is 9.97 Å². The maximum atomic E-state index is 11.3. The lowest BCUT2D eigenvalue weighted by Gasteiger charge is -2.10. The number of aromatic nitrogens is 3. The minimum Gasteiger partial charge on any atom is -0.380 e. The van der Waals surface area contributed by atoms with Crippen molar-refractivity contribution in [3.8, 4) is 0 Å². The molecule has 2 unspecified atom stereocenters. The molecule has 1 heterocycles. The van der Waals surface area contributed by atoms with E-state index < -0.39 is 28.3 Å². The van der Waals surface area contributed by atoms with Gasteiger partial charge in [-0.25, -0.2) is 27.9 Å². The number of ether oxygens (including phenoxy) is 1. The molecule has 0 saturated heterocycles. The zero-order chi connectivity index (χ0) is 15.1. The number of hydrogen-bond acceptors (Lipinski definition) is 5. The molecule has 114 valence electrons. The molecule has 0 aliphatic heterocycles. The predicted octanol–water partition coefficient (Wildman–Crippen LogP) is -2.25. The highest BCUT2D eigenvalue weighted by molar-refractivity contribution is 7.77. The van der Waals surface area contributed by atoms with Gasteiger partial charge < -0.3 is 4.74 Å². The summed E-state index contributed by atoms with van der Waals surface area (Å²) in [6, 6.07) is -0.208. The van der Waals surface area contributed by atoms with E-state index in [0.29, 0.717) is 13.0 Å². The Kier molecular flexibility index (Phi) is 6.51. The van der Waals surface area contributed by atoms with Crippen LogP contribution in [-0.4, -0.2) is 42.6 Å². The third-order valence-electron chi connectivity index (χ3n) is 2.39. The average Bonchev–Trinajstić information content (AvgIpc) is 2.30. The molecule has 10 nitrogen and oxygen atoms in total. The zero-order valence-electron chi connectivity index (χ0n) is 10.7. The van der Waals surface area contributed by atoms with Gasteiger partial charge in [0.05, 0.1) is 13.2 Å². The van der Waals surface area contributed by atoms with Crippen LogP contribution in [0.3, 0.4) is 0 Å². The van der Waals surface area contributed by atoms with Gasteiger partial charge in [0.2, 0.25) is 11.3 Å². The SMILES string of the molecule is CC(CCOCCn1c(=O)[nH]c(=O)[nH]c1=O)NS(=O)O. The Bertz CT molecular complexity index is 586. The zero-order valence-corrected chi connectivity index (χ0v) is 11.6. The van der Waals surface area contributed by atoms with Crippen LogP contribution in [0, 0.1) is 0 Å². The second-order valence-electron chi connectivity index (χ2n) is 4.01. The lowest BCUT2D eigenvalue weighted by atomic mass is 10.3. The highest BCUT2D eigenvalue weighted by Gasteiger charge is 2.05. The molecular formula is C9H16N4O6S. The van der Waals surface area contributed by atoms with Crippen molar-refractivity contribution in [3.05, 3.63) is 31.5 Å². The third kappa shape index (κ3) is 5.61. The number of hydrogen-bond donors (Lipinski definition) is 4. The van der Waals surface area contributed by atoms with Crippen molar-refractivity contribution < 1.29 is 13.5 Å². The summed E-state index contributed by atoms with van der Waals surface area (Å²) in [6.07, 6.45) is 0.489. The second-order valence-corrected chi connectivity index (χ2v) is 4.74. The van der Waals surface area contributed by atoms with E-state index in [4.69, 9.17) is 9.29 Å². The summed E-state index contributed by atoms with van der Waals surface area (Å²) < 4.78 is 27.4. The van der Waals surface area contributed by atoms with Crippen LogP contribution < -0.4 is 21.8 Å². The first-order valence-corrected chi connectivity index (χ1v) is 6.89. The normalized spacial score (nSPS) is 14.1. The highest BCUT2D eigenvalue weighted by Crippen LogP contribution is 1.92. The van der Waals surface area contributed by atoms with Crippen LogP contribution in [0.2, 0.25) is 0 Å². The molecule has 0 bridgehead atoms. The fourth-order valence-corrected chi connectivity index (χ4v) is 1.87. The van der Waals surface area contributed by atoms with Crippen LogP contribution >= 0.6 is 0 Å². The van der Waals surface area contributed by atoms with Crippen molar-refractivity contribution >= 4 is 11.3 Å². The van der Waals surface area contributed by atoms with E-state index in [1.165, 1.54) is 0 Å². The van der Waals surface area contributed by atoms with Gasteiger partial charge in [-0.2, -0.15) is 0 Å². The maximum absolute atomic E-state index is 11.3. The van der Waals surface area contributed by atoms with Crippen LogP contribution in [-0.2, 0) is 22.5 Å². The predicted molar refractivity (Wildman–Crippen MR) is 70.7 cm³/mol. The van der Waals surface area contributed by atoms with Gasteiger partial charge in [0.25, 0.3) is 0 Å². The first-order chi connectivity index (χ1) is 9.40. The monoisotopic (exact) mass is 308 g/mol. The highest BCUT2D eigenvalue weighted by atomic mass is 32.2. The third-order valence-corrected chi connectivity index (χ3v) is 2.99. The molecule has 1 aromatic heterocycles. The van der Waals surface area contributed by atoms with Gasteiger partial charge in [0, 0.05) is 12.6 Å². The topological polar surface area (TPSA) is 146 Å². The van der Waals surface area contributed by atoms with E-state index in [-0.39, 0.29) is 19.2 Å². The van der Waals surface area contributed by atoms with Crippen LogP contribution in [0.5, 0.6) is 0 Å². The van der Waals surface area contributed by atoms with Gasteiger partial charge in [-0.3, -0.25) is 14.5 Å². The van der Waals surface area contributed by atoms with E-state index in [9.17, 15) is 18.6 Å². The average molecular weight is 308 g/mol. The fraction of sp³-hybridized carbons (Fsp3) is 0.667. The molecule has 2 atom stereocenters. The van der Waals surface area contributed by atoms with E-state index >= 15 is 0 Å². The Hall–Kier alpha value is -1.56. The first-order valence-electron chi connectivity index (χ1n) is 5.78. The molecule has 0 aliphatic rings. The van der Waals surface area contributed by atoms with Crippen molar-refractivity contribution in [1.29, 1.82) is 0 Å². The van der Waals surface area contributed by atoms with E-state index in [2.05, 4.69) is 4.72 Å². The number of aromatic amines is 2. The molecule has 0 radical (unpaired) electrons. The van der Waals surface area contributed by atoms with Crippen molar-refractivity contribution in [1.82, 2.24) is 19.3 Å². The molecule has 1 rings (SSSR count). The van der Waals surface area contributed by atoms with Gasteiger partial charge >= 0.3 is 17.1 Å². The fourth-order valence-electron chi connectivity index (χ4n) is 1.40. The summed E-state index contributed by atoms with van der Waals surface area (Å²) in [7, 11) is 0. The molecule has 0 aromatic carbocycles. The number of H-pyrrole nitrogens is 2. The molecule has 1 aromatic rings. The minimum absolute atomic E-state index is 0.00130. The standard InChI is InChI=1S/C9H16N4O6S/c1-6(12-20(17)18)2-4-19-5-3-13-8(15)10-7(14)11-9(13)16/h6,12H,2-5H2,1H3,(H,17,18)(H2,10,11,14,15,16). The summed E-state index contributed by atoms with van der Waals surface area (Å²) >= 11 is -2.07. The molecule has 20 heavy (non-hydrogen) atoms. The van der Waals surface area contributed by atoms with Gasteiger partial charge in [0.15, 0.2) is 0 Å². The quantitative estimate of drug-likeness (QED) is 0.315. The van der Waals surface area contributed by atoms with E-state index in [1.54, 1.807) is 6.92 Å². The Morgan fingerprint density at radius 1 is 1.30 bits per heavy atom. The van der Waals surface area contributed by atoms with Gasteiger partial charge in [-0.15, -0.1) is 0 Å². The van der Waals surface area contributed by atoms with Gasteiger partial charge in [-0.05, 0) is 13.3 Å². The van der Waals surface area contributed by atoms with Crippen LogP contribution in [0.25, 0.3) is 0 Å². The Morgan fingerprint density at radius 2 is 1.90 bits per heavy atom. The molecule has 0 saturated carbocycles. The number of nitrogens with one attached hydrogen (secondary N) is 3. The summed E-state index contributed by atoms with van der Waals surface area (Å²) in [5.74, 6) is 0. The number of nitrogens with zero attached hydrogens (tertiary/aromatic N) is 1. The molecule has 4 N–H and O–H groups in total. The van der Waals surface area contributed by atoms with Crippen molar-refractivity contribution in [2.45, 2.75) is 25.9 Å². The van der Waals surface area contributed by atoms with Crippen LogP contribution in [0.1, 0.15) is 13.3 Å². The summed E-state index contributed by atoms with van der Waals surface area (Å²) in [5, 5.41) is 0. The summed E-state index contributed by atoms with van der Waals surface area (Å²) in [5.41, 5.74) is -2.45. The van der Waals surface area contributed by atoms with Crippen molar-refractivity contribution in [2.24, 2.45) is 0 Å². The minimum atomic E-state index is -2.07. The largest absolute Gasteiger partial charge is 0.380 e. The summed E-state index contributed by atoms with van der Waals surface area (Å²) in [6.45, 7) is 2.11. The molecule has 0 spiro atoms. The molecule has 0 amide bonds. The van der Waals surface area contributed by atoms with Gasteiger partial charge in [0.1, 0.15) is 0 Å². The Labute approximate surface area is 115 Å². The van der Waals surface area contributed by atoms with Gasteiger partial charge in [-0.1, -0.05) is 0 Å².